The molecule has 0 aliphatic carbocycles. The number of nitrogens with zero attached hydrogens (tertiary/aromatic N) is 1. The third kappa shape index (κ3) is 4.41. The van der Waals surface area contributed by atoms with Crippen LogP contribution in [0.4, 0.5) is 10.7 Å². The summed E-state index contributed by atoms with van der Waals surface area (Å²) in [5.74, 6) is -3.06. The molecule has 10 nitrogen and oxygen atoms in total. The second-order valence-electron chi connectivity index (χ2n) is 4.66. The molecule has 25 heavy (non-hydrogen) atoms. The van der Waals surface area contributed by atoms with E-state index in [2.05, 4.69) is 5.32 Å². The van der Waals surface area contributed by atoms with Crippen molar-refractivity contribution < 1.29 is 28.5 Å². The highest BCUT2D eigenvalue weighted by atomic mass is 16.7. The van der Waals surface area contributed by atoms with Gasteiger partial charge in [0.05, 0.1) is 6.07 Å². The van der Waals surface area contributed by atoms with E-state index in [-0.39, 0.29) is 0 Å². The number of carbonyl (C=O) groups is 3. The maximum absolute atomic E-state index is 12.2. The van der Waals surface area contributed by atoms with E-state index in [1.54, 1.807) is 18.2 Å². The van der Waals surface area contributed by atoms with Crippen LogP contribution in [0.3, 0.4) is 0 Å². The molecular formula is C15H13N3O7. The lowest BCUT2D eigenvalue weighted by atomic mass is 10.1. The summed E-state index contributed by atoms with van der Waals surface area (Å²) < 4.78 is 9.82. The van der Waals surface area contributed by atoms with Gasteiger partial charge in [0.15, 0.2) is 0 Å². The molecule has 0 spiro atoms. The number of hydrogen-bond donors (Lipinski definition) is 2. The Balaban J connectivity index is 2.23. The fourth-order valence-corrected chi connectivity index (χ4v) is 1.84. The summed E-state index contributed by atoms with van der Waals surface area (Å²) in [7, 11) is 1.31. The fraction of sp³-hybridized carbons (Fsp3) is 0.133. The van der Waals surface area contributed by atoms with E-state index >= 15 is 0 Å². The summed E-state index contributed by atoms with van der Waals surface area (Å²) in [6.45, 7) is 0. The normalized spacial score (nSPS) is 11.2. The standard InChI is InChI=1S/C15H13N3O7/c1-16-15(21)17-13(19)12(9-5-3-2-4-6-9)25-14(20)10-7-8-11(24-10)18(22)23/h2-8,12H,1H3,(H2,16,17,19,21). The molecule has 1 aromatic heterocycles. The number of rotatable bonds is 5. The average molecular weight is 347 g/mol. The van der Waals surface area contributed by atoms with Crippen molar-refractivity contribution in [2.24, 2.45) is 0 Å². The molecule has 0 aliphatic heterocycles. The molecule has 2 N–H and O–H groups in total. The van der Waals surface area contributed by atoms with Crippen LogP contribution in [0.25, 0.3) is 0 Å². The van der Waals surface area contributed by atoms with E-state index in [0.29, 0.717) is 5.56 Å². The number of nitrogens with one attached hydrogen (secondary N) is 2. The van der Waals surface area contributed by atoms with Gasteiger partial charge in [-0.2, -0.15) is 0 Å². The van der Waals surface area contributed by atoms with Gasteiger partial charge in [0.1, 0.15) is 4.92 Å². The van der Waals surface area contributed by atoms with E-state index in [0.717, 1.165) is 12.1 Å². The highest BCUT2D eigenvalue weighted by molar-refractivity contribution is 5.98. The number of amides is 3. The van der Waals surface area contributed by atoms with E-state index < -0.39 is 40.6 Å². The van der Waals surface area contributed by atoms with E-state index in [4.69, 9.17) is 9.15 Å². The van der Waals surface area contributed by atoms with Crippen LogP contribution in [0.5, 0.6) is 0 Å². The third-order valence-corrected chi connectivity index (χ3v) is 3.00. The van der Waals surface area contributed by atoms with Gasteiger partial charge >= 0.3 is 17.9 Å². The van der Waals surface area contributed by atoms with Crippen molar-refractivity contribution in [3.63, 3.8) is 0 Å². The second-order valence-corrected chi connectivity index (χ2v) is 4.66. The number of nitro groups is 1. The Labute approximate surface area is 140 Å². The summed E-state index contributed by atoms with van der Waals surface area (Å²) in [6, 6.07) is 9.21. The highest BCUT2D eigenvalue weighted by Crippen LogP contribution is 2.22. The van der Waals surface area contributed by atoms with Crippen molar-refractivity contribution in [2.45, 2.75) is 6.10 Å². The molecule has 1 atom stereocenters. The topological polar surface area (TPSA) is 141 Å². The number of imide groups is 1. The predicted octanol–water partition coefficient (Wildman–Crippen LogP) is 1.54. The molecule has 130 valence electrons. The van der Waals surface area contributed by atoms with Gasteiger partial charge in [-0.25, -0.2) is 9.59 Å². The summed E-state index contributed by atoms with van der Waals surface area (Å²) in [4.78, 5) is 45.4. The van der Waals surface area contributed by atoms with Crippen LogP contribution in [-0.4, -0.2) is 29.9 Å². The lowest BCUT2D eigenvalue weighted by Gasteiger charge is -2.16. The van der Waals surface area contributed by atoms with Gasteiger partial charge < -0.3 is 14.5 Å². The Kier molecular flexibility index (Phi) is 5.46. The minimum Gasteiger partial charge on any atom is -0.441 e. The highest BCUT2D eigenvalue weighted by Gasteiger charge is 2.29. The SMILES string of the molecule is CNC(=O)NC(=O)C(OC(=O)c1ccc([N+](=O)[O-])o1)c1ccccc1. The molecule has 0 aliphatic rings. The van der Waals surface area contributed by atoms with Crippen LogP contribution in [0.15, 0.2) is 46.9 Å². The molecule has 1 unspecified atom stereocenters. The first kappa shape index (κ1) is 17.7. The summed E-state index contributed by atoms with van der Waals surface area (Å²) in [5, 5.41) is 14.8. The van der Waals surface area contributed by atoms with Crippen molar-refractivity contribution in [2.75, 3.05) is 7.05 Å². The van der Waals surface area contributed by atoms with Crippen molar-refractivity contribution in [1.82, 2.24) is 10.6 Å². The van der Waals surface area contributed by atoms with Crippen molar-refractivity contribution >= 4 is 23.8 Å². The molecule has 2 rings (SSSR count). The minimum absolute atomic E-state index is 0.304. The smallest absolute Gasteiger partial charge is 0.433 e. The maximum Gasteiger partial charge on any atom is 0.433 e. The van der Waals surface area contributed by atoms with Crippen LogP contribution >= 0.6 is 0 Å². The fourth-order valence-electron chi connectivity index (χ4n) is 1.84. The quantitative estimate of drug-likeness (QED) is 0.475. The number of benzene rings is 1. The largest absolute Gasteiger partial charge is 0.441 e. The number of ether oxygens (including phenoxy) is 1. The summed E-state index contributed by atoms with van der Waals surface area (Å²) in [5.41, 5.74) is 0.304. The predicted molar refractivity (Wildman–Crippen MR) is 82.6 cm³/mol. The first-order chi connectivity index (χ1) is 11.9. The summed E-state index contributed by atoms with van der Waals surface area (Å²) >= 11 is 0. The van der Waals surface area contributed by atoms with Gasteiger partial charge in [0, 0.05) is 12.6 Å². The minimum atomic E-state index is -1.45. The molecule has 1 heterocycles. The van der Waals surface area contributed by atoms with Crippen LogP contribution in [-0.2, 0) is 9.53 Å². The van der Waals surface area contributed by atoms with Crippen LogP contribution in [0.1, 0.15) is 22.2 Å². The monoisotopic (exact) mass is 347 g/mol. The Morgan fingerprint density at radius 2 is 1.84 bits per heavy atom. The molecule has 0 bridgehead atoms. The van der Waals surface area contributed by atoms with Crippen LogP contribution in [0, 0.1) is 10.1 Å². The Morgan fingerprint density at radius 1 is 1.16 bits per heavy atom. The first-order valence-corrected chi connectivity index (χ1v) is 6.95. The summed E-state index contributed by atoms with van der Waals surface area (Å²) in [6.07, 6.45) is -1.45. The van der Waals surface area contributed by atoms with Crippen molar-refractivity contribution in [3.05, 3.63) is 63.9 Å². The Morgan fingerprint density at radius 3 is 2.40 bits per heavy atom. The zero-order valence-corrected chi connectivity index (χ0v) is 12.9. The molecule has 0 saturated heterocycles. The van der Waals surface area contributed by atoms with Gasteiger partial charge in [-0.05, 0) is 6.07 Å². The van der Waals surface area contributed by atoms with Gasteiger partial charge in [0.2, 0.25) is 11.9 Å². The van der Waals surface area contributed by atoms with E-state index in [1.165, 1.54) is 19.2 Å². The van der Waals surface area contributed by atoms with Gasteiger partial charge in [-0.1, -0.05) is 30.3 Å². The number of carbonyl (C=O) groups excluding carboxylic acids is 3. The zero-order chi connectivity index (χ0) is 18.4. The van der Waals surface area contributed by atoms with Crippen molar-refractivity contribution in [3.8, 4) is 0 Å². The second kappa shape index (κ2) is 7.73. The van der Waals surface area contributed by atoms with E-state index in [9.17, 15) is 24.5 Å². The number of hydrogen-bond acceptors (Lipinski definition) is 7. The molecule has 2 aromatic rings. The van der Waals surface area contributed by atoms with Gasteiger partial charge in [-0.3, -0.25) is 20.2 Å². The first-order valence-electron chi connectivity index (χ1n) is 6.95. The molecule has 3 amide bonds. The molecule has 0 radical (unpaired) electrons. The number of urea groups is 1. The molecule has 10 heteroatoms. The van der Waals surface area contributed by atoms with Gasteiger partial charge in [0.25, 0.3) is 5.91 Å². The average Bonchev–Trinajstić information content (AvgIpc) is 3.10. The van der Waals surface area contributed by atoms with Crippen LogP contribution in [0.2, 0.25) is 0 Å². The van der Waals surface area contributed by atoms with E-state index in [1.807, 2.05) is 5.32 Å². The van der Waals surface area contributed by atoms with Gasteiger partial charge in [-0.15, -0.1) is 0 Å². The molecule has 0 saturated carbocycles. The van der Waals surface area contributed by atoms with Crippen LogP contribution < -0.4 is 10.6 Å². The molecule has 0 fully saturated rings. The lowest BCUT2D eigenvalue weighted by Crippen LogP contribution is -2.41. The third-order valence-electron chi connectivity index (χ3n) is 3.00. The number of furan rings is 1. The lowest BCUT2D eigenvalue weighted by molar-refractivity contribution is -0.402. The molecular weight excluding hydrogens is 334 g/mol. The Hall–Kier alpha value is -3.69. The maximum atomic E-state index is 12.2. The van der Waals surface area contributed by atoms with Crippen molar-refractivity contribution in [1.29, 1.82) is 0 Å². The Bertz CT molecular complexity index is 800. The number of esters is 1. The molecule has 1 aromatic carbocycles. The zero-order valence-electron chi connectivity index (χ0n) is 12.9.